The van der Waals surface area contributed by atoms with Gasteiger partial charge in [-0.1, -0.05) is 17.7 Å². The van der Waals surface area contributed by atoms with Gasteiger partial charge in [0.05, 0.1) is 16.3 Å². The third kappa shape index (κ3) is 3.18. The lowest BCUT2D eigenvalue weighted by atomic mass is 10.2. The van der Waals surface area contributed by atoms with Gasteiger partial charge in [0.2, 0.25) is 0 Å². The molecule has 0 saturated carbocycles. The van der Waals surface area contributed by atoms with Crippen molar-refractivity contribution in [2.75, 3.05) is 10.0 Å². The third-order valence-electron chi connectivity index (χ3n) is 3.62. The van der Waals surface area contributed by atoms with E-state index in [1.165, 1.54) is 18.2 Å². The average Bonchev–Trinajstić information content (AvgIpc) is 2.51. The minimum atomic E-state index is -3.79. The van der Waals surface area contributed by atoms with Gasteiger partial charge < -0.3 is 10.1 Å². The fourth-order valence-electron chi connectivity index (χ4n) is 2.23. The first-order valence-corrected chi connectivity index (χ1v) is 9.03. The Morgan fingerprint density at radius 2 is 1.96 bits per heavy atom. The number of nitrogens with one attached hydrogen (secondary N) is 2. The molecule has 126 valence electrons. The van der Waals surface area contributed by atoms with E-state index < -0.39 is 16.1 Å². The van der Waals surface area contributed by atoms with Gasteiger partial charge in [0, 0.05) is 5.02 Å². The molecule has 1 aliphatic heterocycles. The molecule has 1 aliphatic rings. The second-order valence-electron chi connectivity index (χ2n) is 5.48. The highest BCUT2D eigenvalue weighted by Crippen LogP contribution is 2.33. The van der Waals surface area contributed by atoms with Crippen LogP contribution in [0, 0.1) is 6.92 Å². The van der Waals surface area contributed by atoms with Gasteiger partial charge in [-0.05, 0) is 49.7 Å². The van der Waals surface area contributed by atoms with E-state index in [0.717, 1.165) is 5.56 Å². The molecule has 2 aromatic rings. The van der Waals surface area contributed by atoms with Crippen molar-refractivity contribution in [3.05, 3.63) is 47.0 Å². The minimum absolute atomic E-state index is 0.0599. The number of carbonyl (C=O) groups is 1. The van der Waals surface area contributed by atoms with Crippen LogP contribution in [-0.4, -0.2) is 20.4 Å². The number of carbonyl (C=O) groups excluding carboxylic acids is 1. The van der Waals surface area contributed by atoms with Crippen molar-refractivity contribution in [3.8, 4) is 5.75 Å². The predicted molar refractivity (Wildman–Crippen MR) is 92.2 cm³/mol. The summed E-state index contributed by atoms with van der Waals surface area (Å²) in [5.74, 6) is 0.205. The summed E-state index contributed by atoms with van der Waals surface area (Å²) in [5, 5.41) is 3.05. The molecule has 0 bridgehead atoms. The molecular weight excluding hydrogens is 352 g/mol. The van der Waals surface area contributed by atoms with E-state index in [-0.39, 0.29) is 10.8 Å². The summed E-state index contributed by atoms with van der Waals surface area (Å²) in [6.45, 7) is 3.43. The zero-order valence-electron chi connectivity index (χ0n) is 13.0. The zero-order chi connectivity index (χ0) is 17.5. The summed E-state index contributed by atoms with van der Waals surface area (Å²) >= 11 is 5.99. The molecule has 2 N–H and O–H groups in total. The summed E-state index contributed by atoms with van der Waals surface area (Å²) in [6.07, 6.45) is -0.588. The number of fused-ring (bicyclic) bond motifs is 1. The SMILES string of the molecule is Cc1ccc(S(=O)(=O)Nc2ccc3c(c2)NC(=O)C(C)O3)cc1Cl. The van der Waals surface area contributed by atoms with Crippen LogP contribution in [0.5, 0.6) is 5.75 Å². The van der Waals surface area contributed by atoms with Crippen LogP contribution in [0.4, 0.5) is 11.4 Å². The number of aryl methyl sites for hydroxylation is 1. The van der Waals surface area contributed by atoms with Gasteiger partial charge in [0.1, 0.15) is 5.75 Å². The monoisotopic (exact) mass is 366 g/mol. The van der Waals surface area contributed by atoms with Crippen molar-refractivity contribution in [3.63, 3.8) is 0 Å². The maximum atomic E-state index is 12.5. The summed E-state index contributed by atoms with van der Waals surface area (Å²) in [7, 11) is -3.79. The maximum Gasteiger partial charge on any atom is 0.265 e. The Hall–Kier alpha value is -2.25. The number of anilines is 2. The molecule has 0 spiro atoms. The van der Waals surface area contributed by atoms with Crippen LogP contribution in [0.15, 0.2) is 41.3 Å². The number of benzene rings is 2. The smallest absolute Gasteiger partial charge is 0.265 e. The first-order chi connectivity index (χ1) is 11.3. The van der Waals surface area contributed by atoms with Crippen LogP contribution >= 0.6 is 11.6 Å². The first-order valence-electron chi connectivity index (χ1n) is 7.17. The van der Waals surface area contributed by atoms with Crippen LogP contribution in [0.3, 0.4) is 0 Å². The van der Waals surface area contributed by atoms with Crippen molar-refractivity contribution in [1.29, 1.82) is 0 Å². The normalized spacial score (nSPS) is 16.8. The molecule has 1 heterocycles. The van der Waals surface area contributed by atoms with Crippen molar-refractivity contribution in [2.45, 2.75) is 24.8 Å². The Kier molecular flexibility index (Phi) is 4.15. The summed E-state index contributed by atoms with van der Waals surface area (Å²) in [4.78, 5) is 11.7. The van der Waals surface area contributed by atoms with E-state index in [4.69, 9.17) is 16.3 Å². The van der Waals surface area contributed by atoms with Crippen LogP contribution in [-0.2, 0) is 14.8 Å². The zero-order valence-corrected chi connectivity index (χ0v) is 14.5. The molecule has 0 aliphatic carbocycles. The van der Waals surface area contributed by atoms with Crippen LogP contribution in [0.1, 0.15) is 12.5 Å². The largest absolute Gasteiger partial charge is 0.479 e. The molecular formula is C16H15ClN2O4S. The van der Waals surface area contributed by atoms with Crippen LogP contribution in [0.2, 0.25) is 5.02 Å². The van der Waals surface area contributed by atoms with E-state index in [2.05, 4.69) is 10.0 Å². The molecule has 3 rings (SSSR count). The van der Waals surface area contributed by atoms with Gasteiger partial charge in [-0.2, -0.15) is 0 Å². The molecule has 0 radical (unpaired) electrons. The minimum Gasteiger partial charge on any atom is -0.479 e. The molecule has 1 amide bonds. The van der Waals surface area contributed by atoms with Crippen molar-refractivity contribution >= 4 is 38.9 Å². The molecule has 6 nitrogen and oxygen atoms in total. The quantitative estimate of drug-likeness (QED) is 0.873. The Morgan fingerprint density at radius 3 is 2.67 bits per heavy atom. The van der Waals surface area contributed by atoms with Gasteiger partial charge in [0.15, 0.2) is 6.10 Å². The van der Waals surface area contributed by atoms with Crippen LogP contribution < -0.4 is 14.8 Å². The van der Waals surface area contributed by atoms with Crippen LogP contribution in [0.25, 0.3) is 0 Å². The van der Waals surface area contributed by atoms with E-state index in [0.29, 0.717) is 22.1 Å². The number of amides is 1. The van der Waals surface area contributed by atoms with Gasteiger partial charge >= 0.3 is 0 Å². The number of hydrogen-bond acceptors (Lipinski definition) is 4. The third-order valence-corrected chi connectivity index (χ3v) is 5.40. The van der Waals surface area contributed by atoms with Crippen molar-refractivity contribution in [2.24, 2.45) is 0 Å². The molecule has 24 heavy (non-hydrogen) atoms. The average molecular weight is 367 g/mol. The van der Waals surface area contributed by atoms with E-state index in [9.17, 15) is 13.2 Å². The Morgan fingerprint density at radius 1 is 1.21 bits per heavy atom. The predicted octanol–water partition coefficient (Wildman–Crippen LogP) is 3.17. The molecule has 2 aromatic carbocycles. The van der Waals surface area contributed by atoms with Gasteiger partial charge in [-0.15, -0.1) is 0 Å². The van der Waals surface area contributed by atoms with Gasteiger partial charge in [-0.3, -0.25) is 9.52 Å². The maximum absolute atomic E-state index is 12.5. The lowest BCUT2D eigenvalue weighted by molar-refractivity contribution is -0.122. The Balaban J connectivity index is 1.89. The number of hydrogen-bond donors (Lipinski definition) is 2. The lowest BCUT2D eigenvalue weighted by Crippen LogP contribution is -2.34. The van der Waals surface area contributed by atoms with Crippen molar-refractivity contribution in [1.82, 2.24) is 0 Å². The highest BCUT2D eigenvalue weighted by molar-refractivity contribution is 7.92. The highest BCUT2D eigenvalue weighted by Gasteiger charge is 2.24. The molecule has 0 fully saturated rings. The fraction of sp³-hybridized carbons (Fsp3) is 0.188. The number of rotatable bonds is 3. The number of sulfonamides is 1. The number of ether oxygens (including phenoxy) is 1. The number of halogens is 1. The topological polar surface area (TPSA) is 84.5 Å². The van der Waals surface area contributed by atoms with E-state index in [1.54, 1.807) is 32.0 Å². The molecule has 0 saturated heterocycles. The fourth-order valence-corrected chi connectivity index (χ4v) is 3.55. The Bertz CT molecular complexity index is 928. The van der Waals surface area contributed by atoms with Gasteiger partial charge in [-0.25, -0.2) is 8.42 Å². The summed E-state index contributed by atoms with van der Waals surface area (Å²) < 4.78 is 32.8. The van der Waals surface area contributed by atoms with E-state index >= 15 is 0 Å². The molecule has 1 atom stereocenters. The second-order valence-corrected chi connectivity index (χ2v) is 7.57. The summed E-state index contributed by atoms with van der Waals surface area (Å²) in [6, 6.07) is 9.19. The van der Waals surface area contributed by atoms with Crippen molar-refractivity contribution < 1.29 is 17.9 Å². The molecule has 0 aromatic heterocycles. The molecule has 8 heteroatoms. The standard InChI is InChI=1S/C16H15ClN2O4S/c1-9-3-5-12(8-13(9)17)24(21,22)19-11-4-6-15-14(7-11)18-16(20)10(2)23-15/h3-8,10,19H,1-2H3,(H,18,20). The summed E-state index contributed by atoms with van der Waals surface area (Å²) in [5.41, 5.74) is 1.52. The highest BCUT2D eigenvalue weighted by atomic mass is 35.5. The lowest BCUT2D eigenvalue weighted by Gasteiger charge is -2.23. The first kappa shape index (κ1) is 16.6. The second kappa shape index (κ2) is 5.99. The van der Waals surface area contributed by atoms with Gasteiger partial charge in [0.25, 0.3) is 15.9 Å². The molecule has 1 unspecified atom stereocenters. The Labute approximate surface area is 144 Å². The van der Waals surface area contributed by atoms with E-state index in [1.807, 2.05) is 0 Å².